The fraction of sp³-hybridized carbons (Fsp3) is 0.700. The smallest absolute Gasteiger partial charge is 0.234 e. The van der Waals surface area contributed by atoms with Crippen LogP contribution in [0.3, 0.4) is 0 Å². The van der Waals surface area contributed by atoms with E-state index in [2.05, 4.69) is 11.2 Å². The zero-order chi connectivity index (χ0) is 11.0. The summed E-state index contributed by atoms with van der Waals surface area (Å²) in [6.07, 6.45) is 5.33. The standard InChI is InChI=1S/C10H18N2O2/c1-4-6-11-10(14)8-12(3)7-5-9(2)13/h1,9,13H,5-8H2,2-3H3,(H,11,14). The Kier molecular flexibility index (Phi) is 6.81. The van der Waals surface area contributed by atoms with E-state index in [-0.39, 0.29) is 18.6 Å². The third-order valence-corrected chi connectivity index (χ3v) is 1.73. The van der Waals surface area contributed by atoms with Crippen molar-refractivity contribution in [1.82, 2.24) is 10.2 Å². The molecule has 1 atom stereocenters. The molecule has 0 spiro atoms. The molecule has 0 fully saturated rings. The largest absolute Gasteiger partial charge is 0.393 e. The number of aliphatic hydroxyl groups excluding tert-OH is 1. The van der Waals surface area contributed by atoms with Gasteiger partial charge in [0.15, 0.2) is 0 Å². The van der Waals surface area contributed by atoms with E-state index in [0.717, 1.165) is 0 Å². The molecule has 4 heteroatoms. The van der Waals surface area contributed by atoms with E-state index < -0.39 is 0 Å². The molecule has 80 valence electrons. The number of amides is 1. The van der Waals surface area contributed by atoms with Crippen molar-refractivity contribution >= 4 is 5.91 Å². The van der Waals surface area contributed by atoms with E-state index in [0.29, 0.717) is 19.5 Å². The van der Waals surface area contributed by atoms with Gasteiger partial charge in [0.1, 0.15) is 0 Å². The first-order valence-electron chi connectivity index (χ1n) is 4.63. The van der Waals surface area contributed by atoms with E-state index in [1.807, 2.05) is 11.9 Å². The van der Waals surface area contributed by atoms with Crippen molar-refractivity contribution in [3.63, 3.8) is 0 Å². The van der Waals surface area contributed by atoms with Crippen molar-refractivity contribution in [1.29, 1.82) is 0 Å². The summed E-state index contributed by atoms with van der Waals surface area (Å²) >= 11 is 0. The maximum absolute atomic E-state index is 11.1. The van der Waals surface area contributed by atoms with Gasteiger partial charge in [0.05, 0.1) is 19.2 Å². The Bertz CT molecular complexity index is 209. The normalized spacial score (nSPS) is 12.2. The Morgan fingerprint density at radius 3 is 2.86 bits per heavy atom. The second-order valence-electron chi connectivity index (χ2n) is 3.36. The summed E-state index contributed by atoms with van der Waals surface area (Å²) in [4.78, 5) is 13.0. The SMILES string of the molecule is C#CCNC(=O)CN(C)CCC(C)O. The highest BCUT2D eigenvalue weighted by atomic mass is 16.3. The van der Waals surface area contributed by atoms with E-state index in [1.165, 1.54) is 0 Å². The number of nitrogens with one attached hydrogen (secondary N) is 1. The first-order valence-corrected chi connectivity index (χ1v) is 4.63. The number of likely N-dealkylation sites (N-methyl/N-ethyl adjacent to an activating group) is 1. The maximum Gasteiger partial charge on any atom is 0.234 e. The highest BCUT2D eigenvalue weighted by Gasteiger charge is 2.06. The summed E-state index contributed by atoms with van der Waals surface area (Å²) in [6, 6.07) is 0. The Hall–Kier alpha value is -1.05. The number of nitrogens with zero attached hydrogens (tertiary/aromatic N) is 1. The van der Waals surface area contributed by atoms with E-state index in [9.17, 15) is 4.79 Å². The summed E-state index contributed by atoms with van der Waals surface area (Å²) in [5, 5.41) is 11.6. The molecular weight excluding hydrogens is 180 g/mol. The molecule has 1 amide bonds. The van der Waals surface area contributed by atoms with Crippen LogP contribution in [0.4, 0.5) is 0 Å². The minimum atomic E-state index is -0.328. The number of hydrogen-bond acceptors (Lipinski definition) is 3. The summed E-state index contributed by atoms with van der Waals surface area (Å²) in [7, 11) is 1.83. The molecule has 0 heterocycles. The number of carbonyl (C=O) groups excluding carboxylic acids is 1. The summed E-state index contributed by atoms with van der Waals surface area (Å²) in [6.45, 7) is 3.00. The van der Waals surface area contributed by atoms with Crippen LogP contribution in [-0.4, -0.2) is 48.7 Å². The summed E-state index contributed by atoms with van der Waals surface area (Å²) in [5.74, 6) is 2.24. The van der Waals surface area contributed by atoms with Gasteiger partial charge in [0.2, 0.25) is 5.91 Å². The Morgan fingerprint density at radius 2 is 2.36 bits per heavy atom. The van der Waals surface area contributed by atoms with Crippen molar-refractivity contribution < 1.29 is 9.90 Å². The average Bonchev–Trinajstić information content (AvgIpc) is 2.11. The first kappa shape index (κ1) is 12.9. The van der Waals surface area contributed by atoms with Gasteiger partial charge >= 0.3 is 0 Å². The molecule has 0 aromatic carbocycles. The van der Waals surface area contributed by atoms with E-state index >= 15 is 0 Å². The molecule has 0 aromatic rings. The lowest BCUT2D eigenvalue weighted by molar-refractivity contribution is -0.121. The predicted molar refractivity (Wildman–Crippen MR) is 55.6 cm³/mol. The maximum atomic E-state index is 11.1. The minimum Gasteiger partial charge on any atom is -0.393 e. The molecule has 4 nitrogen and oxygen atoms in total. The van der Waals surface area contributed by atoms with Gasteiger partial charge in [0.25, 0.3) is 0 Å². The topological polar surface area (TPSA) is 52.6 Å². The van der Waals surface area contributed by atoms with Crippen LogP contribution in [0.2, 0.25) is 0 Å². The van der Waals surface area contributed by atoms with Crippen molar-refractivity contribution in [2.45, 2.75) is 19.4 Å². The van der Waals surface area contributed by atoms with Crippen molar-refractivity contribution in [3.05, 3.63) is 0 Å². The number of rotatable bonds is 6. The Balaban J connectivity index is 3.56. The molecule has 0 bridgehead atoms. The number of aliphatic hydroxyl groups is 1. The van der Waals surface area contributed by atoms with Crippen molar-refractivity contribution in [2.24, 2.45) is 0 Å². The number of hydrogen-bond donors (Lipinski definition) is 2. The zero-order valence-corrected chi connectivity index (χ0v) is 8.79. The molecule has 0 aliphatic heterocycles. The monoisotopic (exact) mass is 198 g/mol. The van der Waals surface area contributed by atoms with Crippen LogP contribution >= 0.6 is 0 Å². The zero-order valence-electron chi connectivity index (χ0n) is 8.79. The van der Waals surface area contributed by atoms with Gasteiger partial charge in [-0.1, -0.05) is 5.92 Å². The highest BCUT2D eigenvalue weighted by Crippen LogP contribution is 1.92. The van der Waals surface area contributed by atoms with Gasteiger partial charge in [-0.05, 0) is 20.4 Å². The van der Waals surface area contributed by atoms with Crippen LogP contribution in [-0.2, 0) is 4.79 Å². The molecule has 0 aliphatic rings. The van der Waals surface area contributed by atoms with Gasteiger partial charge in [-0.15, -0.1) is 6.42 Å². The van der Waals surface area contributed by atoms with Crippen LogP contribution in [0.5, 0.6) is 0 Å². The third-order valence-electron chi connectivity index (χ3n) is 1.73. The summed E-state index contributed by atoms with van der Waals surface area (Å²) in [5.41, 5.74) is 0. The molecule has 0 aromatic heterocycles. The second kappa shape index (κ2) is 7.36. The molecule has 0 saturated heterocycles. The highest BCUT2D eigenvalue weighted by molar-refractivity contribution is 5.78. The molecular formula is C10H18N2O2. The van der Waals surface area contributed by atoms with E-state index in [4.69, 9.17) is 11.5 Å². The predicted octanol–water partition coefficient (Wildman–Crippen LogP) is -0.561. The van der Waals surface area contributed by atoms with Crippen molar-refractivity contribution in [2.75, 3.05) is 26.7 Å². The molecule has 1 unspecified atom stereocenters. The lowest BCUT2D eigenvalue weighted by Gasteiger charge is -2.16. The van der Waals surface area contributed by atoms with Crippen LogP contribution in [0, 0.1) is 12.3 Å². The van der Waals surface area contributed by atoms with Crippen molar-refractivity contribution in [3.8, 4) is 12.3 Å². The quantitative estimate of drug-likeness (QED) is 0.562. The second-order valence-corrected chi connectivity index (χ2v) is 3.36. The average molecular weight is 198 g/mol. The fourth-order valence-corrected chi connectivity index (χ4v) is 0.937. The lowest BCUT2D eigenvalue weighted by Crippen LogP contribution is -2.36. The Morgan fingerprint density at radius 1 is 1.71 bits per heavy atom. The van der Waals surface area contributed by atoms with Gasteiger partial charge in [-0.2, -0.15) is 0 Å². The van der Waals surface area contributed by atoms with Crippen LogP contribution in [0.1, 0.15) is 13.3 Å². The first-order chi connectivity index (χ1) is 6.56. The third kappa shape index (κ3) is 7.59. The van der Waals surface area contributed by atoms with Gasteiger partial charge < -0.3 is 10.4 Å². The number of carbonyl (C=O) groups is 1. The van der Waals surface area contributed by atoms with Crippen LogP contribution in [0.25, 0.3) is 0 Å². The van der Waals surface area contributed by atoms with Gasteiger partial charge in [-0.25, -0.2) is 0 Å². The van der Waals surface area contributed by atoms with E-state index in [1.54, 1.807) is 6.92 Å². The number of terminal acetylenes is 1. The van der Waals surface area contributed by atoms with Gasteiger partial charge in [-0.3, -0.25) is 9.69 Å². The summed E-state index contributed by atoms with van der Waals surface area (Å²) < 4.78 is 0. The van der Waals surface area contributed by atoms with Gasteiger partial charge in [0, 0.05) is 6.54 Å². The molecule has 0 rings (SSSR count). The minimum absolute atomic E-state index is 0.0870. The Labute approximate surface area is 85.3 Å². The molecule has 2 N–H and O–H groups in total. The molecule has 0 saturated carbocycles. The molecule has 14 heavy (non-hydrogen) atoms. The van der Waals surface area contributed by atoms with Crippen LogP contribution < -0.4 is 5.32 Å². The van der Waals surface area contributed by atoms with Crippen LogP contribution in [0.15, 0.2) is 0 Å². The molecule has 0 aliphatic carbocycles. The lowest BCUT2D eigenvalue weighted by atomic mass is 10.3. The molecule has 0 radical (unpaired) electrons. The fourth-order valence-electron chi connectivity index (χ4n) is 0.937.